The molecule has 0 amide bonds. The number of rotatable bonds is 0. The topological polar surface area (TPSA) is 26.5 Å². The molecule has 1 unspecified atom stereocenters. The molecule has 1 atom stereocenters. The van der Waals surface area contributed by atoms with E-state index in [0.29, 0.717) is 0 Å². The largest absolute Gasteiger partial charge is 0.295 e. The van der Waals surface area contributed by atoms with Gasteiger partial charge in [0, 0.05) is 19.0 Å². The summed E-state index contributed by atoms with van der Waals surface area (Å²) >= 11 is 0. The summed E-state index contributed by atoms with van der Waals surface area (Å²) in [5, 5.41) is 4.25. The van der Waals surface area contributed by atoms with Crippen LogP contribution in [0.1, 0.15) is 6.42 Å². The number of hydrogen-bond donors (Lipinski definition) is 0. The highest BCUT2D eigenvalue weighted by atomic mass is 14.9. The molecule has 0 aliphatic carbocycles. The van der Waals surface area contributed by atoms with Gasteiger partial charge in [0.25, 0.3) is 0 Å². The molecule has 0 aromatic rings. The second kappa shape index (κ2) is 2.29. The molecule has 51 valence electrons. The van der Waals surface area contributed by atoms with Crippen molar-refractivity contribution >= 4 is 6.21 Å². The molecule has 0 aromatic carbocycles. The van der Waals surface area contributed by atoms with Crippen molar-refractivity contribution in [2.45, 2.75) is 12.5 Å². The Balaban J connectivity index is 2.26. The highest BCUT2D eigenvalue weighted by molar-refractivity contribution is 5.71. The molecule has 0 fully saturated rings. The van der Waals surface area contributed by atoms with Crippen LogP contribution in [0.5, 0.6) is 0 Å². The summed E-state index contributed by atoms with van der Waals surface area (Å²) in [4.78, 5) is 4.17. The zero-order valence-corrected chi connectivity index (χ0v) is 5.70. The van der Waals surface area contributed by atoms with E-state index >= 15 is 0 Å². The van der Waals surface area contributed by atoms with E-state index in [2.05, 4.69) is 16.4 Å². The van der Waals surface area contributed by atoms with Crippen LogP contribution in [0.2, 0.25) is 0 Å². The molecule has 2 aliphatic heterocycles. The number of hydrogen-bond acceptors (Lipinski definition) is 1. The van der Waals surface area contributed by atoms with E-state index in [1.807, 2.05) is 18.5 Å². The Morgan fingerprint density at radius 1 is 1.50 bits per heavy atom. The summed E-state index contributed by atoms with van der Waals surface area (Å²) in [6, 6.07) is 0.263. The molecule has 2 nitrogen and oxygen atoms in total. The molecule has 1 radical (unpaired) electrons. The maximum Gasteiger partial charge on any atom is 0.106 e. The monoisotopic (exact) mass is 133 g/mol. The highest BCUT2D eigenvalue weighted by Crippen LogP contribution is 2.14. The zero-order valence-electron chi connectivity index (χ0n) is 5.70. The summed E-state index contributed by atoms with van der Waals surface area (Å²) in [5.41, 5.74) is 1.40. The van der Waals surface area contributed by atoms with E-state index in [1.165, 1.54) is 5.57 Å². The van der Waals surface area contributed by atoms with Crippen molar-refractivity contribution in [3.05, 3.63) is 23.9 Å². The lowest BCUT2D eigenvalue weighted by Crippen LogP contribution is -2.27. The Hall–Kier alpha value is -1.05. The van der Waals surface area contributed by atoms with E-state index in [1.54, 1.807) is 0 Å². The first-order valence-corrected chi connectivity index (χ1v) is 3.52. The van der Waals surface area contributed by atoms with Gasteiger partial charge in [0.2, 0.25) is 0 Å². The summed E-state index contributed by atoms with van der Waals surface area (Å²) in [6.07, 6.45) is 8.98. The number of nitrogens with zero attached hydrogens (tertiary/aromatic N) is 2. The van der Waals surface area contributed by atoms with Crippen molar-refractivity contribution in [3.8, 4) is 0 Å². The predicted molar refractivity (Wildman–Crippen MR) is 41.1 cm³/mol. The Labute approximate surface area is 60.3 Å². The zero-order chi connectivity index (χ0) is 6.81. The predicted octanol–water partition coefficient (Wildman–Crippen LogP) is 0.888. The van der Waals surface area contributed by atoms with Crippen molar-refractivity contribution in [2.75, 3.05) is 6.54 Å². The summed E-state index contributed by atoms with van der Waals surface area (Å²) in [7, 11) is 0. The Bertz CT molecular complexity index is 213. The van der Waals surface area contributed by atoms with Gasteiger partial charge in [0.1, 0.15) is 6.04 Å². The smallest absolute Gasteiger partial charge is 0.106 e. The third-order valence-corrected chi connectivity index (χ3v) is 1.80. The third kappa shape index (κ3) is 0.856. The van der Waals surface area contributed by atoms with Crippen molar-refractivity contribution in [3.63, 3.8) is 0 Å². The maximum atomic E-state index is 4.25. The maximum absolute atomic E-state index is 4.25. The van der Waals surface area contributed by atoms with Gasteiger partial charge in [0.15, 0.2) is 0 Å². The molecule has 0 saturated heterocycles. The summed E-state index contributed by atoms with van der Waals surface area (Å²) < 4.78 is 0. The van der Waals surface area contributed by atoms with Gasteiger partial charge >= 0.3 is 0 Å². The van der Waals surface area contributed by atoms with E-state index in [-0.39, 0.29) is 6.04 Å². The first-order chi connectivity index (χ1) is 4.97. The Kier molecular flexibility index (Phi) is 1.31. The number of allylic oxidation sites excluding steroid dienone is 2. The molecule has 0 saturated carbocycles. The minimum absolute atomic E-state index is 0.263. The van der Waals surface area contributed by atoms with Crippen LogP contribution in [0.25, 0.3) is 0 Å². The van der Waals surface area contributed by atoms with Crippen LogP contribution in [0.4, 0.5) is 0 Å². The average molecular weight is 133 g/mol. The van der Waals surface area contributed by atoms with Crippen LogP contribution in [-0.2, 0) is 0 Å². The highest BCUT2D eigenvalue weighted by Gasteiger charge is 2.15. The van der Waals surface area contributed by atoms with Gasteiger partial charge in [-0.05, 0) is 18.1 Å². The van der Waals surface area contributed by atoms with Crippen LogP contribution < -0.4 is 5.32 Å². The van der Waals surface area contributed by atoms with E-state index in [0.717, 1.165) is 13.0 Å². The lowest BCUT2D eigenvalue weighted by atomic mass is 10.0. The fraction of sp³-hybridized carbons (Fsp3) is 0.375. The third-order valence-electron chi connectivity index (χ3n) is 1.80. The van der Waals surface area contributed by atoms with Crippen molar-refractivity contribution in [1.29, 1.82) is 0 Å². The van der Waals surface area contributed by atoms with E-state index in [9.17, 15) is 0 Å². The van der Waals surface area contributed by atoms with Crippen LogP contribution >= 0.6 is 0 Å². The average Bonchev–Trinajstić information content (AvgIpc) is 2.05. The molecule has 0 spiro atoms. The van der Waals surface area contributed by atoms with Gasteiger partial charge in [-0.25, -0.2) is 0 Å². The molecule has 0 N–H and O–H groups in total. The lowest BCUT2D eigenvalue weighted by Gasteiger charge is -2.19. The summed E-state index contributed by atoms with van der Waals surface area (Å²) in [6.45, 7) is 0.936. The van der Waals surface area contributed by atoms with Gasteiger partial charge < -0.3 is 0 Å². The minimum Gasteiger partial charge on any atom is -0.295 e. The first kappa shape index (κ1) is 5.71. The second-order valence-corrected chi connectivity index (χ2v) is 2.48. The second-order valence-electron chi connectivity index (χ2n) is 2.48. The fourth-order valence-corrected chi connectivity index (χ4v) is 1.24. The first-order valence-electron chi connectivity index (χ1n) is 3.52. The molecule has 2 aliphatic rings. The SMILES string of the molecule is C1=C[N]C2C=NCCC2=C1. The molecular formula is C8H9N2. The Morgan fingerprint density at radius 2 is 2.50 bits per heavy atom. The van der Waals surface area contributed by atoms with Crippen LogP contribution in [0.15, 0.2) is 28.9 Å². The number of fused-ring (bicyclic) bond motifs is 1. The van der Waals surface area contributed by atoms with Crippen molar-refractivity contribution in [2.24, 2.45) is 4.99 Å². The van der Waals surface area contributed by atoms with Gasteiger partial charge in [0.05, 0.1) is 0 Å². The van der Waals surface area contributed by atoms with E-state index in [4.69, 9.17) is 0 Å². The van der Waals surface area contributed by atoms with Crippen LogP contribution in [0.3, 0.4) is 0 Å². The Morgan fingerprint density at radius 3 is 3.40 bits per heavy atom. The molecule has 2 heteroatoms. The molecule has 10 heavy (non-hydrogen) atoms. The molecule has 2 heterocycles. The molecule has 2 rings (SSSR count). The van der Waals surface area contributed by atoms with Gasteiger partial charge in [-0.15, -0.1) is 0 Å². The standard InChI is InChI=1S/C8H9N2/c1-2-7-3-5-9-6-8(7)10-4-1/h1-2,4,6,8H,3,5H2. The minimum atomic E-state index is 0.263. The molecule has 0 bridgehead atoms. The van der Waals surface area contributed by atoms with Crippen LogP contribution in [0, 0.1) is 0 Å². The van der Waals surface area contributed by atoms with Crippen LogP contribution in [-0.4, -0.2) is 18.8 Å². The van der Waals surface area contributed by atoms with Crippen molar-refractivity contribution in [1.82, 2.24) is 5.32 Å². The van der Waals surface area contributed by atoms with Gasteiger partial charge in [-0.2, -0.15) is 0 Å². The lowest BCUT2D eigenvalue weighted by molar-refractivity contribution is 0.733. The molecule has 0 aromatic heterocycles. The van der Waals surface area contributed by atoms with Gasteiger partial charge in [-0.1, -0.05) is 6.08 Å². The molecular weight excluding hydrogens is 124 g/mol. The number of aliphatic imine (C=N–C) groups is 1. The van der Waals surface area contributed by atoms with Crippen molar-refractivity contribution < 1.29 is 0 Å². The quantitative estimate of drug-likeness (QED) is 0.469. The van der Waals surface area contributed by atoms with Gasteiger partial charge in [-0.3, -0.25) is 10.3 Å². The fourth-order valence-electron chi connectivity index (χ4n) is 1.24. The normalized spacial score (nSPS) is 28.8. The van der Waals surface area contributed by atoms with E-state index < -0.39 is 0 Å². The summed E-state index contributed by atoms with van der Waals surface area (Å²) in [5.74, 6) is 0.